The monoisotopic (exact) mass is 288 g/mol. The topological polar surface area (TPSA) is 55.6 Å². The fourth-order valence-corrected chi connectivity index (χ4v) is 1.68. The third-order valence-electron chi connectivity index (χ3n) is 2.35. The molecule has 1 rings (SSSR count). The summed E-state index contributed by atoms with van der Waals surface area (Å²) in [6.45, 7) is -0.792. The molecule has 0 spiro atoms. The van der Waals surface area contributed by atoms with Crippen LogP contribution in [0.4, 0.5) is 8.78 Å². The largest absolute Gasteiger partial charge is 0.434 e. The zero-order chi connectivity index (χ0) is 14.4. The van der Waals surface area contributed by atoms with Crippen LogP contribution in [0.15, 0.2) is 24.3 Å². The van der Waals surface area contributed by atoms with Gasteiger partial charge in [-0.2, -0.15) is 8.78 Å². The molecule has 1 amide bonds. The number of amides is 1. The maximum Gasteiger partial charge on any atom is 0.387 e. The van der Waals surface area contributed by atoms with E-state index in [0.717, 1.165) is 0 Å². The van der Waals surface area contributed by atoms with Gasteiger partial charge in [-0.25, -0.2) is 0 Å². The summed E-state index contributed by atoms with van der Waals surface area (Å²) in [6, 6.07) is 5.81. The van der Waals surface area contributed by atoms with Crippen molar-refractivity contribution in [2.24, 2.45) is 5.73 Å². The summed E-state index contributed by atoms with van der Waals surface area (Å²) in [5, 5.41) is 0. The summed E-state index contributed by atoms with van der Waals surface area (Å²) >= 11 is 4.74. The number of halogens is 2. The Balaban J connectivity index is 3.00. The molecule has 0 aliphatic carbocycles. The molecule has 0 bridgehead atoms. The second-order valence-corrected chi connectivity index (χ2v) is 4.18. The summed E-state index contributed by atoms with van der Waals surface area (Å²) in [7, 11) is 0. The van der Waals surface area contributed by atoms with Gasteiger partial charge in [0.2, 0.25) is 0 Å². The first kappa shape index (κ1) is 15.3. The normalized spacial score (nSPS) is 10.3. The number of hydrogen-bond acceptors (Lipinski definition) is 3. The van der Waals surface area contributed by atoms with Gasteiger partial charge in [0.1, 0.15) is 5.75 Å². The molecule has 0 fully saturated rings. The van der Waals surface area contributed by atoms with Crippen molar-refractivity contribution in [1.82, 2.24) is 4.90 Å². The fraction of sp³-hybridized carbons (Fsp3) is 0.333. The second-order valence-electron chi connectivity index (χ2n) is 3.66. The minimum atomic E-state index is -2.99. The lowest BCUT2D eigenvalue weighted by molar-refractivity contribution is -0.0502. The Morgan fingerprint density at radius 1 is 1.47 bits per heavy atom. The number of thiocarbonyl (C=S) groups is 1. The standard InChI is InChI=1S/C12H14F2N2O2S/c1-2-16(7-10(15)19)11(17)8-5-3-4-6-9(8)18-12(13)14/h3-6,12H,2,7H2,1H3,(H2,15,19). The molecular weight excluding hydrogens is 274 g/mol. The van der Waals surface area contributed by atoms with Crippen LogP contribution in [0.5, 0.6) is 5.75 Å². The molecule has 0 atom stereocenters. The van der Waals surface area contributed by atoms with Crippen molar-refractivity contribution in [3.8, 4) is 5.75 Å². The van der Waals surface area contributed by atoms with E-state index in [1.54, 1.807) is 13.0 Å². The number of rotatable bonds is 6. The molecule has 0 aromatic heterocycles. The predicted octanol–water partition coefficient (Wildman–Crippen LogP) is 2.04. The Morgan fingerprint density at radius 3 is 2.63 bits per heavy atom. The van der Waals surface area contributed by atoms with Crippen molar-refractivity contribution < 1.29 is 18.3 Å². The highest BCUT2D eigenvalue weighted by Gasteiger charge is 2.20. The Morgan fingerprint density at radius 2 is 2.11 bits per heavy atom. The van der Waals surface area contributed by atoms with Crippen LogP contribution in [0.25, 0.3) is 0 Å². The van der Waals surface area contributed by atoms with E-state index in [9.17, 15) is 13.6 Å². The van der Waals surface area contributed by atoms with Crippen LogP contribution in [0.3, 0.4) is 0 Å². The van der Waals surface area contributed by atoms with Gasteiger partial charge in [0.25, 0.3) is 5.91 Å². The van der Waals surface area contributed by atoms with Crippen LogP contribution < -0.4 is 10.5 Å². The number of nitrogens with two attached hydrogens (primary N) is 1. The number of alkyl halides is 2. The van der Waals surface area contributed by atoms with E-state index < -0.39 is 12.5 Å². The average molecular weight is 288 g/mol. The Hall–Kier alpha value is -1.76. The summed E-state index contributed by atoms with van der Waals surface area (Å²) in [6.07, 6.45) is 0. The van der Waals surface area contributed by atoms with Gasteiger partial charge in [0.05, 0.1) is 17.1 Å². The van der Waals surface area contributed by atoms with E-state index >= 15 is 0 Å². The van der Waals surface area contributed by atoms with Gasteiger partial charge in [-0.3, -0.25) is 4.79 Å². The van der Waals surface area contributed by atoms with E-state index in [0.29, 0.717) is 6.54 Å². The highest BCUT2D eigenvalue weighted by atomic mass is 32.1. The van der Waals surface area contributed by atoms with Crippen molar-refractivity contribution in [3.05, 3.63) is 29.8 Å². The average Bonchev–Trinajstić information content (AvgIpc) is 2.35. The first-order chi connectivity index (χ1) is 8.95. The molecule has 0 saturated carbocycles. The highest BCUT2D eigenvalue weighted by Crippen LogP contribution is 2.21. The summed E-state index contributed by atoms with van der Waals surface area (Å²) in [5.74, 6) is -0.615. The van der Waals surface area contributed by atoms with E-state index in [4.69, 9.17) is 18.0 Å². The minimum absolute atomic E-state index is 0.0564. The molecule has 1 aromatic rings. The van der Waals surface area contributed by atoms with Crippen LogP contribution in [-0.4, -0.2) is 35.5 Å². The van der Waals surface area contributed by atoms with E-state index in [-0.39, 0.29) is 22.8 Å². The Bertz CT molecular complexity index is 469. The van der Waals surface area contributed by atoms with Gasteiger partial charge in [-0.05, 0) is 19.1 Å². The van der Waals surface area contributed by atoms with Crippen LogP contribution in [0, 0.1) is 0 Å². The zero-order valence-electron chi connectivity index (χ0n) is 10.3. The Labute approximate surface area is 115 Å². The molecule has 0 aliphatic rings. The van der Waals surface area contributed by atoms with Crippen molar-refractivity contribution in [3.63, 3.8) is 0 Å². The lowest BCUT2D eigenvalue weighted by Gasteiger charge is -2.21. The molecule has 0 aliphatic heterocycles. The third kappa shape index (κ3) is 4.44. The lowest BCUT2D eigenvalue weighted by Crippen LogP contribution is -2.37. The van der Waals surface area contributed by atoms with E-state index in [1.165, 1.54) is 23.1 Å². The van der Waals surface area contributed by atoms with Gasteiger partial charge in [-0.15, -0.1) is 0 Å². The lowest BCUT2D eigenvalue weighted by atomic mass is 10.1. The van der Waals surface area contributed by atoms with Gasteiger partial charge in [-0.1, -0.05) is 24.4 Å². The van der Waals surface area contributed by atoms with Crippen LogP contribution in [0.1, 0.15) is 17.3 Å². The van der Waals surface area contributed by atoms with E-state index in [2.05, 4.69) is 4.74 Å². The zero-order valence-corrected chi connectivity index (χ0v) is 11.1. The van der Waals surface area contributed by atoms with Crippen LogP contribution >= 0.6 is 12.2 Å². The molecule has 4 nitrogen and oxygen atoms in total. The summed E-state index contributed by atoms with van der Waals surface area (Å²) in [5.41, 5.74) is 5.45. The maximum absolute atomic E-state index is 12.3. The van der Waals surface area contributed by atoms with Gasteiger partial charge >= 0.3 is 6.61 Å². The van der Waals surface area contributed by atoms with Crippen LogP contribution in [-0.2, 0) is 0 Å². The smallest absolute Gasteiger partial charge is 0.387 e. The molecule has 104 valence electrons. The van der Waals surface area contributed by atoms with Gasteiger partial charge in [0, 0.05) is 6.54 Å². The number of hydrogen-bond donors (Lipinski definition) is 1. The van der Waals surface area contributed by atoms with E-state index in [1.807, 2.05) is 0 Å². The maximum atomic E-state index is 12.3. The fourth-order valence-electron chi connectivity index (χ4n) is 1.53. The molecule has 0 unspecified atom stereocenters. The highest BCUT2D eigenvalue weighted by molar-refractivity contribution is 7.80. The number of ether oxygens (including phenoxy) is 1. The second kappa shape index (κ2) is 6.98. The summed E-state index contributed by atoms with van der Waals surface area (Å²) < 4.78 is 28.9. The molecule has 0 radical (unpaired) electrons. The minimum Gasteiger partial charge on any atom is -0.434 e. The molecular formula is C12H14F2N2O2S. The third-order valence-corrected chi connectivity index (χ3v) is 2.48. The Kier molecular flexibility index (Phi) is 5.62. The quantitative estimate of drug-likeness (QED) is 0.814. The molecule has 7 heteroatoms. The number of para-hydroxylation sites is 1. The van der Waals surface area contributed by atoms with Gasteiger partial charge < -0.3 is 15.4 Å². The molecule has 0 heterocycles. The van der Waals surface area contributed by atoms with Crippen molar-refractivity contribution >= 4 is 23.1 Å². The predicted molar refractivity (Wildman–Crippen MR) is 71.4 cm³/mol. The molecule has 1 aromatic carbocycles. The van der Waals surface area contributed by atoms with Crippen LogP contribution in [0.2, 0.25) is 0 Å². The first-order valence-corrected chi connectivity index (χ1v) is 5.98. The number of nitrogens with zero attached hydrogens (tertiary/aromatic N) is 1. The molecule has 2 N–H and O–H groups in total. The number of carbonyl (C=O) groups is 1. The number of benzene rings is 1. The van der Waals surface area contributed by atoms with Crippen molar-refractivity contribution in [2.75, 3.05) is 13.1 Å². The number of likely N-dealkylation sites (N-methyl/N-ethyl adjacent to an activating group) is 1. The summed E-state index contributed by atoms with van der Waals surface area (Å²) in [4.78, 5) is 13.7. The van der Waals surface area contributed by atoms with Crippen molar-refractivity contribution in [1.29, 1.82) is 0 Å². The molecule has 0 saturated heterocycles. The molecule has 19 heavy (non-hydrogen) atoms. The first-order valence-electron chi connectivity index (χ1n) is 5.57. The number of carbonyl (C=O) groups excluding carboxylic acids is 1. The van der Waals surface area contributed by atoms with Crippen molar-refractivity contribution in [2.45, 2.75) is 13.5 Å². The van der Waals surface area contributed by atoms with Gasteiger partial charge in [0.15, 0.2) is 0 Å². The SMILES string of the molecule is CCN(CC(N)=S)C(=O)c1ccccc1OC(F)F.